The lowest BCUT2D eigenvalue weighted by molar-refractivity contribution is 0.0961. The van der Waals surface area contributed by atoms with E-state index in [1.54, 1.807) is 24.3 Å². The summed E-state index contributed by atoms with van der Waals surface area (Å²) in [5, 5.41) is 3.07. The number of imide groups is 1. The van der Waals surface area contributed by atoms with E-state index in [1.807, 2.05) is 41.7 Å². The Morgan fingerprint density at radius 2 is 1.75 bits per heavy atom. The molecule has 0 aliphatic carbocycles. The Kier molecular flexibility index (Phi) is 4.38. The Morgan fingerprint density at radius 3 is 2.58 bits per heavy atom. The number of carbonyl (C=O) groups is 2. The normalized spacial score (nSPS) is 10.3. The maximum atomic E-state index is 12.0. The fourth-order valence-corrected chi connectivity index (χ4v) is 2.30. The van der Waals surface area contributed by atoms with E-state index in [1.165, 1.54) is 0 Å². The van der Waals surface area contributed by atoms with Gasteiger partial charge in [0.05, 0.1) is 16.8 Å². The predicted molar refractivity (Wildman–Crippen MR) is 89.6 cm³/mol. The summed E-state index contributed by atoms with van der Waals surface area (Å²) in [5.74, 6) is -0.254. The quantitative estimate of drug-likeness (QED) is 0.772. The highest BCUT2D eigenvalue weighted by atomic mass is 16.5. The fraction of sp³-hybridized carbons (Fsp3) is 0.0556. The van der Waals surface area contributed by atoms with Gasteiger partial charge in [0, 0.05) is 5.39 Å². The molecule has 0 radical (unpaired) electrons. The van der Waals surface area contributed by atoms with E-state index in [2.05, 4.69) is 4.98 Å². The number of aromatic nitrogens is 1. The van der Waals surface area contributed by atoms with Crippen LogP contribution < -0.4 is 15.8 Å². The summed E-state index contributed by atoms with van der Waals surface area (Å²) >= 11 is 0. The Hall–Kier alpha value is -3.41. The van der Waals surface area contributed by atoms with Gasteiger partial charge in [0.25, 0.3) is 5.91 Å². The Labute approximate surface area is 138 Å². The molecule has 3 N–H and O–H groups in total. The van der Waals surface area contributed by atoms with E-state index in [-0.39, 0.29) is 12.2 Å². The van der Waals surface area contributed by atoms with Crippen molar-refractivity contribution in [3.63, 3.8) is 0 Å². The SMILES string of the molecule is NC(=O)NC(=O)c1ccccc1OCc1ccc2ccccc2n1. The van der Waals surface area contributed by atoms with E-state index in [0.29, 0.717) is 5.75 Å². The highest BCUT2D eigenvalue weighted by molar-refractivity contribution is 6.05. The molecule has 0 aliphatic heterocycles. The van der Waals surface area contributed by atoms with Crippen molar-refractivity contribution in [1.29, 1.82) is 0 Å². The summed E-state index contributed by atoms with van der Waals surface area (Å²) in [4.78, 5) is 27.3. The highest BCUT2D eigenvalue weighted by Gasteiger charge is 2.13. The molecule has 1 aromatic heterocycles. The van der Waals surface area contributed by atoms with Gasteiger partial charge in [-0.05, 0) is 24.3 Å². The molecule has 0 saturated carbocycles. The first-order valence-corrected chi connectivity index (χ1v) is 7.31. The van der Waals surface area contributed by atoms with Gasteiger partial charge in [-0.2, -0.15) is 0 Å². The first-order chi connectivity index (χ1) is 11.6. The number of nitrogens with one attached hydrogen (secondary N) is 1. The molecule has 0 atom stereocenters. The topological polar surface area (TPSA) is 94.3 Å². The standard InChI is InChI=1S/C18H15N3O3/c19-18(23)21-17(22)14-6-2-4-8-16(14)24-11-13-10-9-12-5-1-3-7-15(12)20-13/h1-10H,11H2,(H3,19,21,22,23). The van der Waals surface area contributed by atoms with Crippen molar-refractivity contribution in [2.24, 2.45) is 5.73 Å². The lowest BCUT2D eigenvalue weighted by atomic mass is 10.2. The summed E-state index contributed by atoms with van der Waals surface area (Å²) in [6.07, 6.45) is 0. The second-order valence-electron chi connectivity index (χ2n) is 5.10. The Bertz CT molecular complexity index is 909. The minimum atomic E-state index is -0.911. The van der Waals surface area contributed by atoms with Crippen LogP contribution in [0, 0.1) is 0 Å². The van der Waals surface area contributed by atoms with Crippen LogP contribution in [0.4, 0.5) is 4.79 Å². The molecule has 3 amide bonds. The summed E-state index contributed by atoms with van der Waals surface area (Å²) in [7, 11) is 0. The number of nitrogens with two attached hydrogens (primary N) is 1. The second-order valence-corrected chi connectivity index (χ2v) is 5.10. The number of carbonyl (C=O) groups excluding carboxylic acids is 2. The number of hydrogen-bond donors (Lipinski definition) is 2. The average Bonchev–Trinajstić information content (AvgIpc) is 2.59. The van der Waals surface area contributed by atoms with Crippen molar-refractivity contribution in [3.8, 4) is 5.75 Å². The molecule has 0 unspecified atom stereocenters. The fourth-order valence-electron chi connectivity index (χ4n) is 2.30. The van der Waals surface area contributed by atoms with Gasteiger partial charge >= 0.3 is 6.03 Å². The number of urea groups is 1. The number of fused-ring (bicyclic) bond motifs is 1. The molecule has 0 saturated heterocycles. The summed E-state index contributed by atoms with van der Waals surface area (Å²) in [6, 6.07) is 17.3. The molecule has 2 aromatic carbocycles. The van der Waals surface area contributed by atoms with Gasteiger partial charge in [-0.3, -0.25) is 10.1 Å². The van der Waals surface area contributed by atoms with Crippen molar-refractivity contribution in [1.82, 2.24) is 10.3 Å². The van der Waals surface area contributed by atoms with E-state index in [0.717, 1.165) is 16.6 Å². The lowest BCUT2D eigenvalue weighted by Gasteiger charge is -2.10. The molecule has 0 bridgehead atoms. The van der Waals surface area contributed by atoms with E-state index < -0.39 is 11.9 Å². The average molecular weight is 321 g/mol. The van der Waals surface area contributed by atoms with Crippen LogP contribution in [-0.2, 0) is 6.61 Å². The summed E-state index contributed by atoms with van der Waals surface area (Å²) < 4.78 is 5.70. The molecular weight excluding hydrogens is 306 g/mol. The number of ether oxygens (including phenoxy) is 1. The minimum absolute atomic E-state index is 0.200. The zero-order chi connectivity index (χ0) is 16.9. The summed E-state index contributed by atoms with van der Waals surface area (Å²) in [5.41, 5.74) is 6.82. The van der Waals surface area contributed by atoms with Gasteiger partial charge in [-0.1, -0.05) is 36.4 Å². The second kappa shape index (κ2) is 6.78. The highest BCUT2D eigenvalue weighted by Crippen LogP contribution is 2.20. The molecule has 3 aromatic rings. The first kappa shape index (κ1) is 15.5. The van der Waals surface area contributed by atoms with Crippen molar-refractivity contribution in [2.45, 2.75) is 6.61 Å². The number of pyridine rings is 1. The molecule has 0 fully saturated rings. The number of primary amides is 1. The Balaban J connectivity index is 1.78. The molecule has 6 heteroatoms. The van der Waals surface area contributed by atoms with Gasteiger partial charge in [-0.15, -0.1) is 0 Å². The zero-order valence-corrected chi connectivity index (χ0v) is 12.7. The van der Waals surface area contributed by atoms with Gasteiger partial charge in [0.15, 0.2) is 0 Å². The molecule has 1 heterocycles. The number of amides is 3. The van der Waals surface area contributed by atoms with Gasteiger partial charge in [0.1, 0.15) is 12.4 Å². The number of para-hydroxylation sites is 2. The van der Waals surface area contributed by atoms with E-state index in [4.69, 9.17) is 10.5 Å². The van der Waals surface area contributed by atoms with Crippen LogP contribution in [-0.4, -0.2) is 16.9 Å². The van der Waals surface area contributed by atoms with Crippen LogP contribution in [0.2, 0.25) is 0 Å². The van der Waals surface area contributed by atoms with Crippen LogP contribution in [0.5, 0.6) is 5.75 Å². The van der Waals surface area contributed by atoms with Crippen LogP contribution >= 0.6 is 0 Å². The van der Waals surface area contributed by atoms with Crippen molar-refractivity contribution < 1.29 is 14.3 Å². The molecule has 24 heavy (non-hydrogen) atoms. The zero-order valence-electron chi connectivity index (χ0n) is 12.7. The number of rotatable bonds is 4. The third-order valence-electron chi connectivity index (χ3n) is 3.40. The Morgan fingerprint density at radius 1 is 1.00 bits per heavy atom. The molecular formula is C18H15N3O3. The van der Waals surface area contributed by atoms with Crippen LogP contribution in [0.15, 0.2) is 60.7 Å². The number of nitrogens with zero attached hydrogens (tertiary/aromatic N) is 1. The van der Waals surface area contributed by atoms with Crippen LogP contribution in [0.3, 0.4) is 0 Å². The largest absolute Gasteiger partial charge is 0.486 e. The van der Waals surface area contributed by atoms with Gasteiger partial charge in [-0.25, -0.2) is 9.78 Å². The van der Waals surface area contributed by atoms with E-state index in [9.17, 15) is 9.59 Å². The predicted octanol–water partition coefficient (Wildman–Crippen LogP) is 2.62. The molecule has 0 aliphatic rings. The molecule has 3 rings (SSSR count). The van der Waals surface area contributed by atoms with E-state index >= 15 is 0 Å². The van der Waals surface area contributed by atoms with Gasteiger partial charge < -0.3 is 10.5 Å². The van der Waals surface area contributed by atoms with Crippen molar-refractivity contribution >= 4 is 22.8 Å². The maximum absolute atomic E-state index is 12.0. The third-order valence-corrected chi connectivity index (χ3v) is 3.40. The van der Waals surface area contributed by atoms with Crippen LogP contribution in [0.25, 0.3) is 10.9 Å². The molecule has 6 nitrogen and oxygen atoms in total. The monoisotopic (exact) mass is 321 g/mol. The smallest absolute Gasteiger partial charge is 0.319 e. The third kappa shape index (κ3) is 3.49. The van der Waals surface area contributed by atoms with Crippen molar-refractivity contribution in [3.05, 3.63) is 71.9 Å². The minimum Gasteiger partial charge on any atom is -0.486 e. The first-order valence-electron chi connectivity index (χ1n) is 7.31. The van der Waals surface area contributed by atoms with Crippen molar-refractivity contribution in [2.75, 3.05) is 0 Å². The molecule has 120 valence electrons. The lowest BCUT2D eigenvalue weighted by Crippen LogP contribution is -2.35. The number of benzene rings is 2. The maximum Gasteiger partial charge on any atom is 0.319 e. The molecule has 0 spiro atoms. The number of hydrogen-bond acceptors (Lipinski definition) is 4. The summed E-state index contributed by atoms with van der Waals surface area (Å²) in [6.45, 7) is 0.200. The van der Waals surface area contributed by atoms with Crippen LogP contribution in [0.1, 0.15) is 16.1 Å². The van der Waals surface area contributed by atoms with Gasteiger partial charge in [0.2, 0.25) is 0 Å².